The second-order valence-electron chi connectivity index (χ2n) is 7.10. The topological polar surface area (TPSA) is 39.7 Å². The quantitative estimate of drug-likeness (QED) is 0.322. The van der Waals surface area contributed by atoms with Crippen molar-refractivity contribution in [3.05, 3.63) is 87.2 Å². The SMILES string of the molecule is CCOc1cc(CNCCc2ccccc2OC)cc(Cl)c1OCc1ccc(F)cc1Cl. The van der Waals surface area contributed by atoms with Crippen molar-refractivity contribution in [3.63, 3.8) is 0 Å². The number of benzene rings is 3. The summed E-state index contributed by atoms with van der Waals surface area (Å²) in [6.45, 7) is 3.92. The summed E-state index contributed by atoms with van der Waals surface area (Å²) in [5, 5.41) is 4.17. The van der Waals surface area contributed by atoms with Crippen molar-refractivity contribution in [1.29, 1.82) is 0 Å². The Labute approximate surface area is 198 Å². The van der Waals surface area contributed by atoms with Crippen molar-refractivity contribution in [1.82, 2.24) is 5.32 Å². The number of rotatable bonds is 11. The number of methoxy groups -OCH3 is 1. The predicted molar refractivity (Wildman–Crippen MR) is 127 cm³/mol. The zero-order valence-electron chi connectivity index (χ0n) is 18.1. The number of nitrogens with one attached hydrogen (secondary N) is 1. The van der Waals surface area contributed by atoms with Gasteiger partial charge in [0.2, 0.25) is 0 Å². The first-order chi connectivity index (χ1) is 15.5. The van der Waals surface area contributed by atoms with E-state index in [-0.39, 0.29) is 6.61 Å². The summed E-state index contributed by atoms with van der Waals surface area (Å²) in [5.74, 6) is 1.49. The summed E-state index contributed by atoms with van der Waals surface area (Å²) in [7, 11) is 1.68. The molecule has 0 saturated heterocycles. The number of para-hydroxylation sites is 1. The van der Waals surface area contributed by atoms with Crippen LogP contribution in [-0.2, 0) is 19.6 Å². The molecule has 7 heteroatoms. The minimum Gasteiger partial charge on any atom is -0.496 e. The molecule has 0 spiro atoms. The first-order valence-electron chi connectivity index (χ1n) is 10.4. The molecule has 32 heavy (non-hydrogen) atoms. The molecule has 0 fully saturated rings. The van der Waals surface area contributed by atoms with Gasteiger partial charge in [-0.15, -0.1) is 0 Å². The molecule has 4 nitrogen and oxygen atoms in total. The molecule has 0 saturated carbocycles. The second-order valence-corrected chi connectivity index (χ2v) is 7.92. The molecule has 3 rings (SSSR count). The molecule has 0 unspecified atom stereocenters. The third kappa shape index (κ3) is 6.52. The maximum absolute atomic E-state index is 13.3. The van der Waals surface area contributed by atoms with Gasteiger partial charge >= 0.3 is 0 Å². The lowest BCUT2D eigenvalue weighted by Gasteiger charge is -2.16. The van der Waals surface area contributed by atoms with Crippen molar-refractivity contribution in [3.8, 4) is 17.2 Å². The highest BCUT2D eigenvalue weighted by Crippen LogP contribution is 2.37. The van der Waals surface area contributed by atoms with Crippen molar-refractivity contribution in [2.45, 2.75) is 26.5 Å². The average molecular weight is 478 g/mol. The van der Waals surface area contributed by atoms with Crippen LogP contribution in [0, 0.1) is 5.82 Å². The third-order valence-corrected chi connectivity index (χ3v) is 5.48. The fourth-order valence-electron chi connectivity index (χ4n) is 3.28. The normalized spacial score (nSPS) is 10.8. The van der Waals surface area contributed by atoms with E-state index >= 15 is 0 Å². The molecule has 0 aromatic heterocycles. The summed E-state index contributed by atoms with van der Waals surface area (Å²) in [6.07, 6.45) is 0.843. The Morgan fingerprint density at radius 2 is 1.72 bits per heavy atom. The van der Waals surface area contributed by atoms with Crippen LogP contribution in [0.4, 0.5) is 4.39 Å². The van der Waals surface area contributed by atoms with E-state index in [2.05, 4.69) is 11.4 Å². The zero-order chi connectivity index (χ0) is 22.9. The Balaban J connectivity index is 1.64. The van der Waals surface area contributed by atoms with Crippen LogP contribution in [0.2, 0.25) is 10.0 Å². The highest BCUT2D eigenvalue weighted by atomic mass is 35.5. The van der Waals surface area contributed by atoms with E-state index in [1.54, 1.807) is 13.2 Å². The minimum absolute atomic E-state index is 0.148. The molecule has 0 heterocycles. The molecule has 170 valence electrons. The Bertz CT molecular complexity index is 1050. The van der Waals surface area contributed by atoms with E-state index in [9.17, 15) is 4.39 Å². The summed E-state index contributed by atoms with van der Waals surface area (Å²) >= 11 is 12.6. The lowest BCUT2D eigenvalue weighted by Crippen LogP contribution is -2.17. The molecule has 0 radical (unpaired) electrons. The van der Waals surface area contributed by atoms with Crippen LogP contribution < -0.4 is 19.5 Å². The molecule has 0 atom stereocenters. The van der Waals surface area contributed by atoms with Crippen LogP contribution in [0.5, 0.6) is 17.2 Å². The van der Waals surface area contributed by atoms with Gasteiger partial charge in [-0.05, 0) is 61.3 Å². The molecule has 0 aliphatic heterocycles. The molecule has 0 aliphatic carbocycles. The Morgan fingerprint density at radius 3 is 2.47 bits per heavy atom. The van der Waals surface area contributed by atoms with Crippen molar-refractivity contribution in [2.75, 3.05) is 20.3 Å². The number of hydrogen-bond acceptors (Lipinski definition) is 4. The number of ether oxygens (including phenoxy) is 3. The maximum Gasteiger partial charge on any atom is 0.180 e. The molecule has 0 aliphatic rings. The minimum atomic E-state index is -0.394. The van der Waals surface area contributed by atoms with E-state index < -0.39 is 5.82 Å². The summed E-state index contributed by atoms with van der Waals surface area (Å²) in [6, 6.07) is 15.9. The molecule has 3 aromatic carbocycles. The van der Waals surface area contributed by atoms with Gasteiger partial charge in [0.15, 0.2) is 11.5 Å². The van der Waals surface area contributed by atoms with E-state index in [1.165, 1.54) is 12.1 Å². The van der Waals surface area contributed by atoms with Gasteiger partial charge in [0.25, 0.3) is 0 Å². The van der Waals surface area contributed by atoms with Gasteiger partial charge in [-0.1, -0.05) is 47.5 Å². The first kappa shape index (κ1) is 24.2. The summed E-state index contributed by atoms with van der Waals surface area (Å²) < 4.78 is 30.3. The van der Waals surface area contributed by atoms with E-state index in [1.807, 2.05) is 37.3 Å². The van der Waals surface area contributed by atoms with Crippen LogP contribution in [-0.4, -0.2) is 20.3 Å². The smallest absolute Gasteiger partial charge is 0.180 e. The van der Waals surface area contributed by atoms with Gasteiger partial charge in [-0.25, -0.2) is 4.39 Å². The zero-order valence-corrected chi connectivity index (χ0v) is 19.6. The van der Waals surface area contributed by atoms with Gasteiger partial charge in [0, 0.05) is 12.1 Å². The predicted octanol–water partition coefficient (Wildman–Crippen LogP) is 6.45. The Hall–Kier alpha value is -2.47. The Morgan fingerprint density at radius 1 is 0.906 bits per heavy atom. The van der Waals surface area contributed by atoms with E-state index in [0.29, 0.717) is 40.3 Å². The summed E-state index contributed by atoms with van der Waals surface area (Å²) in [4.78, 5) is 0. The molecular weight excluding hydrogens is 452 g/mol. The molecular formula is C25H26Cl2FNO3. The molecule has 0 amide bonds. The lowest BCUT2D eigenvalue weighted by molar-refractivity contribution is 0.269. The molecule has 0 bridgehead atoms. The monoisotopic (exact) mass is 477 g/mol. The van der Waals surface area contributed by atoms with Gasteiger partial charge in [0.05, 0.1) is 23.8 Å². The van der Waals surface area contributed by atoms with Crippen molar-refractivity contribution >= 4 is 23.2 Å². The van der Waals surface area contributed by atoms with E-state index in [4.69, 9.17) is 37.4 Å². The highest BCUT2D eigenvalue weighted by Gasteiger charge is 2.14. The first-order valence-corrected chi connectivity index (χ1v) is 11.1. The van der Waals surface area contributed by atoms with Gasteiger partial charge in [0.1, 0.15) is 18.2 Å². The largest absolute Gasteiger partial charge is 0.496 e. The van der Waals surface area contributed by atoms with Crippen LogP contribution in [0.15, 0.2) is 54.6 Å². The van der Waals surface area contributed by atoms with Crippen LogP contribution in [0.25, 0.3) is 0 Å². The van der Waals surface area contributed by atoms with Crippen LogP contribution in [0.1, 0.15) is 23.6 Å². The third-order valence-electron chi connectivity index (χ3n) is 4.85. The fourth-order valence-corrected chi connectivity index (χ4v) is 3.79. The van der Waals surface area contributed by atoms with Gasteiger partial charge in [-0.2, -0.15) is 0 Å². The van der Waals surface area contributed by atoms with E-state index in [0.717, 1.165) is 29.8 Å². The maximum atomic E-state index is 13.3. The molecule has 3 aromatic rings. The molecule has 1 N–H and O–H groups in total. The summed E-state index contributed by atoms with van der Waals surface area (Å²) in [5.41, 5.74) is 2.79. The van der Waals surface area contributed by atoms with Gasteiger partial charge < -0.3 is 19.5 Å². The van der Waals surface area contributed by atoms with Crippen LogP contribution >= 0.6 is 23.2 Å². The highest BCUT2D eigenvalue weighted by molar-refractivity contribution is 6.32. The lowest BCUT2D eigenvalue weighted by atomic mass is 10.1. The standard InChI is InChI=1S/C25H26Cl2FNO3/c1-3-31-24-13-17(15-29-11-10-18-6-4-5-7-23(18)30-2)12-22(27)25(24)32-16-19-8-9-20(28)14-21(19)26/h4-9,12-14,29H,3,10-11,15-16H2,1-2H3. The van der Waals surface area contributed by atoms with Crippen molar-refractivity contribution in [2.24, 2.45) is 0 Å². The average Bonchev–Trinajstić information content (AvgIpc) is 2.78. The van der Waals surface area contributed by atoms with Gasteiger partial charge in [-0.3, -0.25) is 0 Å². The number of halogens is 3. The number of hydrogen-bond donors (Lipinski definition) is 1. The Kier molecular flexibility index (Phi) is 9.03. The fraction of sp³-hybridized carbons (Fsp3) is 0.280. The van der Waals surface area contributed by atoms with Crippen molar-refractivity contribution < 1.29 is 18.6 Å². The van der Waals surface area contributed by atoms with Crippen LogP contribution in [0.3, 0.4) is 0 Å². The second kappa shape index (κ2) is 12.0.